The van der Waals surface area contributed by atoms with Crippen LogP contribution in [0.1, 0.15) is 16.8 Å². The number of benzene rings is 2. The molecule has 130 valence electrons. The topological polar surface area (TPSA) is 64.1 Å². The monoisotopic (exact) mass is 343 g/mol. The number of phenols is 1. The number of nitrogen functional groups attached to an aromatic ring is 1. The van der Waals surface area contributed by atoms with Gasteiger partial charge in [-0.15, -0.1) is 0 Å². The molecule has 26 heavy (non-hydrogen) atoms. The third-order valence-corrected chi connectivity index (χ3v) is 4.88. The van der Waals surface area contributed by atoms with Gasteiger partial charge in [-0.1, -0.05) is 18.2 Å². The van der Waals surface area contributed by atoms with Gasteiger partial charge in [0.2, 0.25) is 0 Å². The van der Waals surface area contributed by atoms with Crippen LogP contribution >= 0.6 is 0 Å². The number of anilines is 1. The molecule has 0 atom stereocenters. The molecule has 0 aliphatic heterocycles. The van der Waals surface area contributed by atoms with E-state index >= 15 is 0 Å². The minimum Gasteiger partial charge on any atom is -0.507 e. The van der Waals surface area contributed by atoms with E-state index in [1.165, 1.54) is 11.1 Å². The number of nitrogens with two attached hydrogens (primary N) is 1. The summed E-state index contributed by atoms with van der Waals surface area (Å²) in [7, 11) is 0. The van der Waals surface area contributed by atoms with E-state index in [0.29, 0.717) is 6.54 Å². The van der Waals surface area contributed by atoms with Gasteiger partial charge >= 0.3 is 0 Å². The molecule has 0 aliphatic carbocycles. The predicted octanol–water partition coefficient (Wildman–Crippen LogP) is 4.66. The van der Waals surface area contributed by atoms with Crippen molar-refractivity contribution in [2.45, 2.75) is 20.4 Å². The van der Waals surface area contributed by atoms with Crippen LogP contribution in [0.25, 0.3) is 22.0 Å². The van der Waals surface area contributed by atoms with E-state index in [1.54, 1.807) is 18.5 Å². The van der Waals surface area contributed by atoms with Crippen LogP contribution in [0.2, 0.25) is 0 Å². The Balaban J connectivity index is 1.81. The second kappa shape index (κ2) is 6.23. The molecule has 0 spiro atoms. The van der Waals surface area contributed by atoms with Crippen molar-refractivity contribution < 1.29 is 5.11 Å². The van der Waals surface area contributed by atoms with Crippen molar-refractivity contribution in [3.8, 4) is 16.9 Å². The summed E-state index contributed by atoms with van der Waals surface area (Å²) in [6.45, 7) is 4.92. The molecule has 4 aromatic rings. The quantitative estimate of drug-likeness (QED) is 0.532. The number of hydrogen-bond donors (Lipinski definition) is 2. The number of nitrogens with zero attached hydrogens (tertiary/aromatic N) is 2. The Hall–Kier alpha value is -3.27. The van der Waals surface area contributed by atoms with Crippen molar-refractivity contribution in [2.75, 3.05) is 5.73 Å². The maximum absolute atomic E-state index is 10.3. The molecule has 0 unspecified atom stereocenters. The zero-order valence-electron chi connectivity index (χ0n) is 14.9. The van der Waals surface area contributed by atoms with E-state index in [4.69, 9.17) is 5.73 Å². The minimum atomic E-state index is 0.260. The summed E-state index contributed by atoms with van der Waals surface area (Å²) in [5.41, 5.74) is 13.3. The van der Waals surface area contributed by atoms with Crippen molar-refractivity contribution in [1.29, 1.82) is 0 Å². The van der Waals surface area contributed by atoms with E-state index in [0.717, 1.165) is 33.5 Å². The van der Waals surface area contributed by atoms with Gasteiger partial charge in [0.25, 0.3) is 0 Å². The number of pyridine rings is 1. The van der Waals surface area contributed by atoms with E-state index in [9.17, 15) is 5.11 Å². The summed E-state index contributed by atoms with van der Waals surface area (Å²) in [4.78, 5) is 4.15. The molecule has 4 nitrogen and oxygen atoms in total. The Morgan fingerprint density at radius 3 is 2.69 bits per heavy atom. The molecule has 2 aromatic carbocycles. The zero-order valence-corrected chi connectivity index (χ0v) is 14.9. The second-order valence-corrected chi connectivity index (χ2v) is 6.70. The normalized spacial score (nSPS) is 11.2. The first-order valence-electron chi connectivity index (χ1n) is 8.62. The van der Waals surface area contributed by atoms with Gasteiger partial charge in [-0.25, -0.2) is 0 Å². The molecule has 2 heterocycles. The predicted molar refractivity (Wildman–Crippen MR) is 106 cm³/mol. The largest absolute Gasteiger partial charge is 0.507 e. The second-order valence-electron chi connectivity index (χ2n) is 6.70. The number of hydrogen-bond acceptors (Lipinski definition) is 3. The van der Waals surface area contributed by atoms with Gasteiger partial charge < -0.3 is 15.4 Å². The molecular weight excluding hydrogens is 322 g/mol. The van der Waals surface area contributed by atoms with Crippen LogP contribution in [0.4, 0.5) is 5.69 Å². The molecule has 0 bridgehead atoms. The van der Waals surface area contributed by atoms with Gasteiger partial charge in [-0.05, 0) is 55.3 Å². The smallest absolute Gasteiger partial charge is 0.123 e. The van der Waals surface area contributed by atoms with Crippen LogP contribution in [-0.2, 0) is 6.54 Å². The van der Waals surface area contributed by atoms with Gasteiger partial charge in [0, 0.05) is 46.8 Å². The Kier molecular flexibility index (Phi) is 3.88. The molecule has 0 saturated carbocycles. The van der Waals surface area contributed by atoms with Crippen molar-refractivity contribution in [3.05, 3.63) is 77.7 Å². The summed E-state index contributed by atoms with van der Waals surface area (Å²) in [5.74, 6) is 0.260. The highest BCUT2D eigenvalue weighted by Gasteiger charge is 2.12. The standard InChI is InChI=1S/C22H21N3O/c1-14-5-7-20(23)19-10-15(2)25(22(14)19)13-16-6-8-21(26)18(11-16)17-4-3-9-24-12-17/h3-12,26H,13,23H2,1-2H3. The number of aromatic hydroxyl groups is 1. The Labute approximate surface area is 152 Å². The molecule has 4 heteroatoms. The van der Waals surface area contributed by atoms with Crippen LogP contribution in [0, 0.1) is 13.8 Å². The van der Waals surface area contributed by atoms with Crippen LogP contribution < -0.4 is 5.73 Å². The van der Waals surface area contributed by atoms with Gasteiger partial charge in [0.1, 0.15) is 5.75 Å². The highest BCUT2D eigenvalue weighted by atomic mass is 16.3. The van der Waals surface area contributed by atoms with Crippen LogP contribution in [-0.4, -0.2) is 14.7 Å². The van der Waals surface area contributed by atoms with Crippen molar-refractivity contribution in [1.82, 2.24) is 9.55 Å². The fraction of sp³-hybridized carbons (Fsp3) is 0.136. The fourth-order valence-corrected chi connectivity index (χ4v) is 3.53. The molecule has 0 saturated heterocycles. The van der Waals surface area contributed by atoms with E-state index < -0.39 is 0 Å². The zero-order chi connectivity index (χ0) is 18.3. The first-order chi connectivity index (χ1) is 12.5. The van der Waals surface area contributed by atoms with E-state index in [-0.39, 0.29) is 5.75 Å². The Morgan fingerprint density at radius 1 is 1.08 bits per heavy atom. The fourth-order valence-electron chi connectivity index (χ4n) is 3.53. The first-order valence-corrected chi connectivity index (χ1v) is 8.62. The lowest BCUT2D eigenvalue weighted by molar-refractivity contribution is 0.477. The average molecular weight is 343 g/mol. The lowest BCUT2D eigenvalue weighted by Crippen LogP contribution is -2.03. The summed E-state index contributed by atoms with van der Waals surface area (Å²) in [5, 5.41) is 11.4. The van der Waals surface area contributed by atoms with Crippen molar-refractivity contribution >= 4 is 16.6 Å². The third kappa shape index (κ3) is 2.69. The van der Waals surface area contributed by atoms with Gasteiger partial charge in [0.05, 0.1) is 5.52 Å². The number of aromatic nitrogens is 2. The van der Waals surface area contributed by atoms with Crippen LogP contribution in [0.15, 0.2) is 60.9 Å². The molecule has 4 rings (SSSR count). The lowest BCUT2D eigenvalue weighted by atomic mass is 10.0. The lowest BCUT2D eigenvalue weighted by Gasteiger charge is -2.13. The van der Waals surface area contributed by atoms with Gasteiger partial charge in [-0.3, -0.25) is 4.98 Å². The molecule has 0 amide bonds. The molecule has 0 fully saturated rings. The Morgan fingerprint density at radius 2 is 1.92 bits per heavy atom. The van der Waals surface area contributed by atoms with E-state index in [2.05, 4.69) is 35.5 Å². The molecule has 3 N–H and O–H groups in total. The summed E-state index contributed by atoms with van der Waals surface area (Å²) < 4.78 is 2.28. The summed E-state index contributed by atoms with van der Waals surface area (Å²) in [6, 6.07) is 15.7. The molecule has 2 aromatic heterocycles. The maximum Gasteiger partial charge on any atom is 0.123 e. The first kappa shape index (κ1) is 16.2. The molecule has 0 aliphatic rings. The number of fused-ring (bicyclic) bond motifs is 1. The number of rotatable bonds is 3. The SMILES string of the molecule is Cc1ccc(N)c2cc(C)n(Cc3ccc(O)c(-c4cccnc4)c3)c12. The minimum absolute atomic E-state index is 0.260. The highest BCUT2D eigenvalue weighted by molar-refractivity contribution is 5.94. The average Bonchev–Trinajstić information content (AvgIpc) is 2.98. The van der Waals surface area contributed by atoms with Crippen LogP contribution in [0.3, 0.4) is 0 Å². The van der Waals surface area contributed by atoms with Crippen molar-refractivity contribution in [2.24, 2.45) is 0 Å². The summed E-state index contributed by atoms with van der Waals surface area (Å²) >= 11 is 0. The van der Waals surface area contributed by atoms with Gasteiger partial charge in [-0.2, -0.15) is 0 Å². The Bertz CT molecular complexity index is 1100. The third-order valence-electron chi connectivity index (χ3n) is 4.88. The van der Waals surface area contributed by atoms with Crippen LogP contribution in [0.5, 0.6) is 5.75 Å². The molecule has 0 radical (unpaired) electrons. The molecular formula is C22H21N3O. The van der Waals surface area contributed by atoms with Crippen molar-refractivity contribution in [3.63, 3.8) is 0 Å². The maximum atomic E-state index is 10.3. The highest BCUT2D eigenvalue weighted by Crippen LogP contribution is 2.32. The number of phenolic OH excluding ortho intramolecular Hbond substituents is 1. The van der Waals surface area contributed by atoms with Gasteiger partial charge in [0.15, 0.2) is 0 Å². The summed E-state index contributed by atoms with van der Waals surface area (Å²) in [6.07, 6.45) is 3.49. The van der Waals surface area contributed by atoms with E-state index in [1.807, 2.05) is 30.3 Å². The number of aryl methyl sites for hydroxylation is 2.